The minimum atomic E-state index is -0.658. The van der Waals surface area contributed by atoms with Crippen molar-refractivity contribution in [2.45, 2.75) is 6.61 Å². The lowest BCUT2D eigenvalue weighted by Gasteiger charge is -2.09. The van der Waals surface area contributed by atoms with E-state index in [2.05, 4.69) is 0 Å². The molecule has 0 aliphatic heterocycles. The number of nitro groups is 1. The quantitative estimate of drug-likeness (QED) is 0.458. The Morgan fingerprint density at radius 2 is 1.50 bits per heavy atom. The van der Waals surface area contributed by atoms with Gasteiger partial charge in [-0.15, -0.1) is 0 Å². The molecule has 7 nitrogen and oxygen atoms in total. The SMILES string of the molecule is N#Cc1cc(Oc2ccc(OCc3ccccc3)cc2)c([N+](=O)[O-])cc1C#N. The van der Waals surface area contributed by atoms with Gasteiger partial charge in [0.05, 0.1) is 16.1 Å². The summed E-state index contributed by atoms with van der Waals surface area (Å²) in [6, 6.07) is 22.1. The summed E-state index contributed by atoms with van der Waals surface area (Å²) >= 11 is 0. The second-order valence-electron chi connectivity index (χ2n) is 5.69. The van der Waals surface area contributed by atoms with Crippen LogP contribution in [0.5, 0.6) is 17.2 Å². The molecule has 7 heteroatoms. The van der Waals surface area contributed by atoms with Crippen LogP contribution in [0.2, 0.25) is 0 Å². The Bertz CT molecular complexity index is 1080. The number of nitrogens with zero attached hydrogens (tertiary/aromatic N) is 3. The second kappa shape index (κ2) is 8.35. The Hall–Kier alpha value is -4.36. The zero-order chi connectivity index (χ0) is 19.9. The lowest BCUT2D eigenvalue weighted by atomic mass is 10.1. The van der Waals surface area contributed by atoms with Gasteiger partial charge < -0.3 is 9.47 Å². The second-order valence-corrected chi connectivity index (χ2v) is 5.69. The van der Waals surface area contributed by atoms with Crippen LogP contribution in [0, 0.1) is 32.8 Å². The van der Waals surface area contributed by atoms with Crippen molar-refractivity contribution in [2.24, 2.45) is 0 Å². The van der Waals surface area contributed by atoms with Gasteiger partial charge in [-0.2, -0.15) is 10.5 Å². The summed E-state index contributed by atoms with van der Waals surface area (Å²) in [4.78, 5) is 10.6. The molecule has 3 aromatic carbocycles. The normalized spacial score (nSPS) is 9.79. The minimum Gasteiger partial charge on any atom is -0.489 e. The third-order valence-corrected chi connectivity index (χ3v) is 3.84. The molecule has 0 spiro atoms. The van der Waals surface area contributed by atoms with E-state index in [-0.39, 0.29) is 22.6 Å². The average Bonchev–Trinajstić information content (AvgIpc) is 2.73. The minimum absolute atomic E-state index is 0.00548. The summed E-state index contributed by atoms with van der Waals surface area (Å²) in [6.07, 6.45) is 0. The van der Waals surface area contributed by atoms with Gasteiger partial charge in [-0.3, -0.25) is 10.1 Å². The summed E-state index contributed by atoms with van der Waals surface area (Å²) in [5.41, 5.74) is 0.567. The zero-order valence-corrected chi connectivity index (χ0v) is 14.5. The van der Waals surface area contributed by atoms with E-state index in [1.807, 2.05) is 36.4 Å². The first-order valence-electron chi connectivity index (χ1n) is 8.18. The molecule has 3 rings (SSSR count). The van der Waals surface area contributed by atoms with Crippen LogP contribution < -0.4 is 9.47 Å². The summed E-state index contributed by atoms with van der Waals surface area (Å²) in [5.74, 6) is 0.838. The van der Waals surface area contributed by atoms with Crippen molar-refractivity contribution in [3.05, 3.63) is 93.5 Å². The van der Waals surface area contributed by atoms with E-state index < -0.39 is 4.92 Å². The van der Waals surface area contributed by atoms with Gasteiger partial charge in [-0.25, -0.2) is 0 Å². The van der Waals surface area contributed by atoms with Crippen LogP contribution in [0.1, 0.15) is 16.7 Å². The Morgan fingerprint density at radius 3 is 2.11 bits per heavy atom. The van der Waals surface area contributed by atoms with Crippen LogP contribution in [0.15, 0.2) is 66.7 Å². The monoisotopic (exact) mass is 371 g/mol. The van der Waals surface area contributed by atoms with Crippen LogP contribution in [0.4, 0.5) is 5.69 Å². The van der Waals surface area contributed by atoms with E-state index in [0.717, 1.165) is 11.6 Å². The van der Waals surface area contributed by atoms with Crippen molar-refractivity contribution >= 4 is 5.69 Å². The maximum atomic E-state index is 11.3. The van der Waals surface area contributed by atoms with E-state index >= 15 is 0 Å². The molecule has 0 unspecified atom stereocenters. The molecule has 136 valence electrons. The first kappa shape index (κ1) is 18.4. The standard InChI is InChI=1S/C21H13N3O4/c22-12-16-10-20(24(25)26)21(11-17(16)13-23)28-19-8-6-18(7-9-19)27-14-15-4-2-1-3-5-15/h1-11H,14H2. The van der Waals surface area contributed by atoms with Gasteiger partial charge in [-0.05, 0) is 29.8 Å². The summed E-state index contributed by atoms with van der Waals surface area (Å²) < 4.78 is 11.3. The highest BCUT2D eigenvalue weighted by atomic mass is 16.6. The van der Waals surface area contributed by atoms with E-state index in [0.29, 0.717) is 18.1 Å². The van der Waals surface area contributed by atoms with Gasteiger partial charge in [-0.1, -0.05) is 30.3 Å². The van der Waals surface area contributed by atoms with Gasteiger partial charge in [0, 0.05) is 12.1 Å². The predicted octanol–water partition coefficient (Wildman–Crippen LogP) is 4.71. The van der Waals surface area contributed by atoms with E-state index in [4.69, 9.17) is 20.0 Å². The summed E-state index contributed by atoms with van der Waals surface area (Å²) in [5, 5.41) is 29.4. The van der Waals surface area contributed by atoms with Gasteiger partial charge in [0.1, 0.15) is 30.2 Å². The van der Waals surface area contributed by atoms with E-state index in [1.165, 1.54) is 6.07 Å². The molecule has 0 radical (unpaired) electrons. The highest BCUT2D eigenvalue weighted by Gasteiger charge is 2.20. The van der Waals surface area contributed by atoms with Gasteiger partial charge in [0.2, 0.25) is 5.75 Å². The number of benzene rings is 3. The molecule has 0 N–H and O–H groups in total. The van der Waals surface area contributed by atoms with Crippen LogP contribution in [0.3, 0.4) is 0 Å². The van der Waals surface area contributed by atoms with E-state index in [1.54, 1.807) is 30.3 Å². The van der Waals surface area contributed by atoms with Crippen molar-refractivity contribution in [3.63, 3.8) is 0 Å². The molecule has 0 aliphatic rings. The van der Waals surface area contributed by atoms with Crippen LogP contribution in [-0.4, -0.2) is 4.92 Å². The molecule has 0 aromatic heterocycles. The van der Waals surface area contributed by atoms with Crippen molar-refractivity contribution in [1.29, 1.82) is 10.5 Å². The molecule has 3 aromatic rings. The van der Waals surface area contributed by atoms with Crippen LogP contribution in [-0.2, 0) is 6.61 Å². The Kier molecular flexibility index (Phi) is 5.49. The first-order valence-corrected chi connectivity index (χ1v) is 8.18. The number of rotatable bonds is 6. The zero-order valence-electron chi connectivity index (χ0n) is 14.5. The number of hydrogen-bond donors (Lipinski definition) is 0. The Labute approximate surface area is 160 Å². The highest BCUT2D eigenvalue weighted by Crippen LogP contribution is 2.34. The lowest BCUT2D eigenvalue weighted by molar-refractivity contribution is -0.385. The smallest absolute Gasteiger partial charge is 0.312 e. The fourth-order valence-electron chi connectivity index (χ4n) is 2.45. The fraction of sp³-hybridized carbons (Fsp3) is 0.0476. The van der Waals surface area contributed by atoms with Crippen molar-refractivity contribution in [3.8, 4) is 29.4 Å². The molecule has 0 atom stereocenters. The average molecular weight is 371 g/mol. The largest absolute Gasteiger partial charge is 0.489 e. The van der Waals surface area contributed by atoms with Gasteiger partial charge in [0.15, 0.2) is 0 Å². The molecule has 0 amide bonds. The first-order chi connectivity index (χ1) is 13.6. The summed E-state index contributed by atoms with van der Waals surface area (Å²) in [7, 11) is 0. The van der Waals surface area contributed by atoms with Gasteiger partial charge >= 0.3 is 5.69 Å². The molecule has 28 heavy (non-hydrogen) atoms. The van der Waals surface area contributed by atoms with Gasteiger partial charge in [0.25, 0.3) is 0 Å². The maximum Gasteiger partial charge on any atom is 0.312 e. The third-order valence-electron chi connectivity index (χ3n) is 3.84. The molecule has 0 heterocycles. The van der Waals surface area contributed by atoms with E-state index in [9.17, 15) is 10.1 Å². The molecular formula is C21H13N3O4. The molecule has 0 saturated heterocycles. The van der Waals surface area contributed by atoms with Crippen molar-refractivity contribution in [1.82, 2.24) is 0 Å². The molecular weight excluding hydrogens is 358 g/mol. The molecule has 0 fully saturated rings. The topological polar surface area (TPSA) is 109 Å². The van der Waals surface area contributed by atoms with Crippen molar-refractivity contribution < 1.29 is 14.4 Å². The molecule has 0 saturated carbocycles. The van der Waals surface area contributed by atoms with Crippen molar-refractivity contribution in [2.75, 3.05) is 0 Å². The molecule has 0 bridgehead atoms. The van der Waals surface area contributed by atoms with Crippen LogP contribution in [0.25, 0.3) is 0 Å². The maximum absolute atomic E-state index is 11.3. The third kappa shape index (κ3) is 4.24. The molecule has 0 aliphatic carbocycles. The number of nitro benzene ring substituents is 1. The Morgan fingerprint density at radius 1 is 0.893 bits per heavy atom. The number of nitriles is 2. The lowest BCUT2D eigenvalue weighted by Crippen LogP contribution is -1.97. The predicted molar refractivity (Wildman–Crippen MR) is 99.8 cm³/mol. The Balaban J connectivity index is 1.78. The van der Waals surface area contributed by atoms with Crippen LogP contribution >= 0.6 is 0 Å². The number of hydrogen-bond acceptors (Lipinski definition) is 6. The summed E-state index contributed by atoms with van der Waals surface area (Å²) in [6.45, 7) is 0.410. The fourth-order valence-corrected chi connectivity index (χ4v) is 2.45. The highest BCUT2D eigenvalue weighted by molar-refractivity contribution is 5.60. The number of ether oxygens (including phenoxy) is 2.